The Hall–Kier alpha value is -4.08. The van der Waals surface area contributed by atoms with Gasteiger partial charge < -0.3 is 30.1 Å². The van der Waals surface area contributed by atoms with Gasteiger partial charge in [-0.1, -0.05) is 81.5 Å². The topological polar surface area (TPSA) is 134 Å². The third-order valence-corrected chi connectivity index (χ3v) is 6.69. The highest BCUT2D eigenvalue weighted by atomic mass is 16.6. The largest absolute Gasteiger partial charge is 0.508 e. The first kappa shape index (κ1) is 35.1. The van der Waals surface area contributed by atoms with Gasteiger partial charge in [-0.05, 0) is 50.5 Å². The third-order valence-electron chi connectivity index (χ3n) is 6.69. The van der Waals surface area contributed by atoms with Gasteiger partial charge in [-0.25, -0.2) is 4.79 Å². The Morgan fingerprint density at radius 1 is 0.930 bits per heavy atom. The van der Waals surface area contributed by atoms with E-state index in [1.165, 1.54) is 24.1 Å². The summed E-state index contributed by atoms with van der Waals surface area (Å²) in [5.41, 5.74) is 0.374. The number of hydrogen-bond donors (Lipinski definition) is 3. The summed E-state index contributed by atoms with van der Waals surface area (Å²) in [5.74, 6) is -1.84. The van der Waals surface area contributed by atoms with E-state index >= 15 is 0 Å². The van der Waals surface area contributed by atoms with E-state index in [9.17, 15) is 24.3 Å². The number of aromatic hydroxyl groups is 1. The summed E-state index contributed by atoms with van der Waals surface area (Å²) < 4.78 is 10.2. The minimum atomic E-state index is -1.20. The number of rotatable bonds is 16. The van der Waals surface area contributed by atoms with Gasteiger partial charge in [0.2, 0.25) is 11.8 Å². The number of amides is 3. The molecule has 0 bridgehead atoms. The number of methoxy groups -OCH3 is 1. The number of nitrogens with one attached hydrogen (secondary N) is 2. The smallest absolute Gasteiger partial charge is 0.408 e. The molecule has 2 aromatic carbocycles. The Kier molecular flexibility index (Phi) is 14.5. The van der Waals surface area contributed by atoms with Gasteiger partial charge in [-0.3, -0.25) is 14.4 Å². The Labute approximate surface area is 255 Å². The maximum atomic E-state index is 14.4. The van der Waals surface area contributed by atoms with Crippen molar-refractivity contribution in [3.63, 3.8) is 0 Å². The second kappa shape index (κ2) is 17.8. The minimum absolute atomic E-state index is 0.0806. The lowest BCUT2D eigenvalue weighted by atomic mass is 9.99. The van der Waals surface area contributed by atoms with E-state index in [4.69, 9.17) is 4.74 Å². The van der Waals surface area contributed by atoms with Crippen molar-refractivity contribution in [3.05, 3.63) is 65.7 Å². The molecule has 10 nitrogen and oxygen atoms in total. The molecule has 2 atom stereocenters. The highest BCUT2D eigenvalue weighted by molar-refractivity contribution is 5.93. The van der Waals surface area contributed by atoms with E-state index in [1.807, 2.05) is 30.3 Å². The number of esters is 1. The van der Waals surface area contributed by atoms with Crippen LogP contribution in [0.3, 0.4) is 0 Å². The Balaban J connectivity index is 2.52. The van der Waals surface area contributed by atoms with Gasteiger partial charge in [0.15, 0.2) is 0 Å². The minimum Gasteiger partial charge on any atom is -0.508 e. The molecular weight excluding hydrogens is 550 g/mol. The Morgan fingerprint density at radius 3 is 2.23 bits per heavy atom. The molecule has 0 spiro atoms. The van der Waals surface area contributed by atoms with Crippen molar-refractivity contribution in [2.75, 3.05) is 20.2 Å². The second-order valence-corrected chi connectivity index (χ2v) is 11.5. The second-order valence-electron chi connectivity index (χ2n) is 11.5. The molecule has 0 fully saturated rings. The van der Waals surface area contributed by atoms with Crippen molar-refractivity contribution in [3.8, 4) is 5.75 Å². The van der Waals surface area contributed by atoms with E-state index < -0.39 is 48.1 Å². The predicted molar refractivity (Wildman–Crippen MR) is 164 cm³/mol. The van der Waals surface area contributed by atoms with Gasteiger partial charge in [0.1, 0.15) is 30.0 Å². The summed E-state index contributed by atoms with van der Waals surface area (Å²) >= 11 is 0. The molecule has 236 valence electrons. The van der Waals surface area contributed by atoms with Crippen LogP contribution in [0.2, 0.25) is 0 Å². The van der Waals surface area contributed by atoms with Crippen molar-refractivity contribution in [2.45, 2.75) is 90.3 Å². The van der Waals surface area contributed by atoms with E-state index in [0.29, 0.717) is 12.0 Å². The monoisotopic (exact) mass is 597 g/mol. The first-order valence-corrected chi connectivity index (χ1v) is 14.9. The number of benzene rings is 2. The molecule has 0 radical (unpaired) electrons. The average molecular weight is 598 g/mol. The van der Waals surface area contributed by atoms with Crippen LogP contribution in [0.15, 0.2) is 54.6 Å². The number of nitrogens with zero attached hydrogens (tertiary/aromatic N) is 1. The third kappa shape index (κ3) is 12.8. The molecule has 2 unspecified atom stereocenters. The molecule has 10 heteroatoms. The number of unbranched alkanes of at least 4 members (excludes halogenated alkanes) is 5. The Morgan fingerprint density at radius 2 is 1.60 bits per heavy atom. The van der Waals surface area contributed by atoms with E-state index in [-0.39, 0.29) is 18.7 Å². The van der Waals surface area contributed by atoms with Gasteiger partial charge >= 0.3 is 12.1 Å². The molecule has 3 amide bonds. The predicted octanol–water partition coefficient (Wildman–Crippen LogP) is 5.05. The van der Waals surface area contributed by atoms with Crippen LogP contribution in [-0.4, -0.2) is 65.7 Å². The molecule has 0 saturated carbocycles. The molecule has 3 N–H and O–H groups in total. The lowest BCUT2D eigenvalue weighted by molar-refractivity contribution is -0.144. The fourth-order valence-corrected chi connectivity index (χ4v) is 4.62. The zero-order chi connectivity index (χ0) is 31.8. The Bertz CT molecular complexity index is 1180. The van der Waals surface area contributed by atoms with Crippen LogP contribution >= 0.6 is 0 Å². The maximum Gasteiger partial charge on any atom is 0.408 e. The first-order chi connectivity index (χ1) is 20.4. The first-order valence-electron chi connectivity index (χ1n) is 14.9. The van der Waals surface area contributed by atoms with Crippen molar-refractivity contribution in [1.82, 2.24) is 15.5 Å². The molecular formula is C33H47N3O7. The van der Waals surface area contributed by atoms with Gasteiger partial charge in [0.25, 0.3) is 0 Å². The van der Waals surface area contributed by atoms with Crippen LogP contribution in [0.25, 0.3) is 0 Å². The molecule has 0 heterocycles. The summed E-state index contributed by atoms with van der Waals surface area (Å²) in [7, 11) is 1.21. The molecule has 0 aliphatic heterocycles. The molecule has 2 aromatic rings. The van der Waals surface area contributed by atoms with Crippen molar-refractivity contribution >= 4 is 23.9 Å². The number of carbonyl (C=O) groups excluding carboxylic acids is 4. The molecule has 0 saturated heterocycles. The van der Waals surface area contributed by atoms with Crippen LogP contribution in [0.5, 0.6) is 5.75 Å². The van der Waals surface area contributed by atoms with E-state index in [1.54, 1.807) is 32.9 Å². The average Bonchev–Trinajstić information content (AvgIpc) is 2.95. The maximum absolute atomic E-state index is 14.4. The van der Waals surface area contributed by atoms with Gasteiger partial charge in [-0.15, -0.1) is 0 Å². The summed E-state index contributed by atoms with van der Waals surface area (Å²) in [6, 6.07) is 13.1. The van der Waals surface area contributed by atoms with Crippen LogP contribution in [0, 0.1) is 0 Å². The van der Waals surface area contributed by atoms with Crippen LogP contribution in [0.1, 0.15) is 83.4 Å². The van der Waals surface area contributed by atoms with Gasteiger partial charge in [0, 0.05) is 13.0 Å². The lowest BCUT2D eigenvalue weighted by Gasteiger charge is -2.34. The molecule has 43 heavy (non-hydrogen) atoms. The zero-order valence-corrected chi connectivity index (χ0v) is 26.1. The van der Waals surface area contributed by atoms with Crippen LogP contribution < -0.4 is 10.6 Å². The van der Waals surface area contributed by atoms with Crippen LogP contribution in [0.4, 0.5) is 4.79 Å². The van der Waals surface area contributed by atoms with Gasteiger partial charge in [0.05, 0.1) is 7.11 Å². The normalized spacial score (nSPS) is 12.5. The fourth-order valence-electron chi connectivity index (χ4n) is 4.62. The quantitative estimate of drug-likeness (QED) is 0.182. The number of phenols is 1. The van der Waals surface area contributed by atoms with E-state index in [2.05, 4.69) is 22.3 Å². The number of carbonyl (C=O) groups is 4. The van der Waals surface area contributed by atoms with Crippen LogP contribution in [-0.2, 0) is 30.3 Å². The highest BCUT2D eigenvalue weighted by Gasteiger charge is 2.36. The highest BCUT2D eigenvalue weighted by Crippen LogP contribution is 2.27. The fraction of sp³-hybridized carbons (Fsp3) is 0.515. The standard InChI is InChI=1S/C33H47N3O7/c1-6-7-8-9-10-14-20-36(29(25-18-15-19-26(37)22-25)30(39)34-23-28(38)42-5)31(40)27(21-24-16-12-11-13-17-24)35-32(41)43-33(2,3)4/h11-13,15-19,22,27,29,37H,6-10,14,20-21,23H2,1-5H3,(H,34,39)(H,35,41). The molecule has 2 rings (SSSR count). The molecule has 0 aliphatic carbocycles. The molecule has 0 aliphatic rings. The number of phenolic OH excluding ortho intramolecular Hbond substituents is 1. The molecule has 0 aromatic heterocycles. The van der Waals surface area contributed by atoms with Gasteiger partial charge in [-0.2, -0.15) is 0 Å². The summed E-state index contributed by atoms with van der Waals surface area (Å²) in [5, 5.41) is 15.6. The number of ether oxygens (including phenoxy) is 2. The summed E-state index contributed by atoms with van der Waals surface area (Å²) in [6.45, 7) is 7.14. The lowest BCUT2D eigenvalue weighted by Crippen LogP contribution is -2.54. The number of alkyl carbamates (subject to hydrolysis) is 1. The zero-order valence-electron chi connectivity index (χ0n) is 26.1. The van der Waals surface area contributed by atoms with E-state index in [0.717, 1.165) is 37.7 Å². The summed E-state index contributed by atoms with van der Waals surface area (Å²) in [6.07, 6.45) is 5.10. The van der Waals surface area contributed by atoms with Crippen molar-refractivity contribution in [1.29, 1.82) is 0 Å². The number of hydrogen-bond acceptors (Lipinski definition) is 7. The van der Waals surface area contributed by atoms with Crippen molar-refractivity contribution < 1.29 is 33.8 Å². The van der Waals surface area contributed by atoms with Crippen molar-refractivity contribution in [2.24, 2.45) is 0 Å². The SMILES string of the molecule is CCCCCCCCN(C(=O)C(Cc1ccccc1)NC(=O)OC(C)(C)C)C(C(=O)NCC(=O)OC)c1cccc(O)c1. The summed E-state index contributed by atoms with van der Waals surface area (Å²) in [4.78, 5) is 54.3.